The quantitative estimate of drug-likeness (QED) is 0.744. The van der Waals surface area contributed by atoms with Gasteiger partial charge in [0.2, 0.25) is 0 Å². The zero-order valence-electron chi connectivity index (χ0n) is 11.9. The number of carbonyl (C=O) groups is 1. The molecule has 0 aliphatic rings. The Bertz CT molecular complexity index is 430. The van der Waals surface area contributed by atoms with Crippen molar-refractivity contribution in [3.05, 3.63) is 24.3 Å². The number of thioether (sulfide) groups is 1. The van der Waals surface area contributed by atoms with Gasteiger partial charge < -0.3 is 15.7 Å². The Labute approximate surface area is 119 Å². The number of nitrogens with one attached hydrogen (secondary N) is 2. The van der Waals surface area contributed by atoms with E-state index >= 15 is 0 Å². The van der Waals surface area contributed by atoms with Crippen molar-refractivity contribution < 1.29 is 9.90 Å². The van der Waals surface area contributed by atoms with E-state index in [0.717, 1.165) is 10.6 Å². The monoisotopic (exact) mass is 282 g/mol. The van der Waals surface area contributed by atoms with Gasteiger partial charge in [0.1, 0.15) is 0 Å². The third-order valence-corrected chi connectivity index (χ3v) is 3.61. The average molecular weight is 282 g/mol. The number of aliphatic hydroxyl groups excluding tert-OH is 1. The first-order valence-corrected chi connectivity index (χ1v) is 7.43. The van der Waals surface area contributed by atoms with Crippen molar-refractivity contribution in [2.45, 2.75) is 31.8 Å². The molecule has 0 spiro atoms. The van der Waals surface area contributed by atoms with E-state index in [9.17, 15) is 9.90 Å². The van der Waals surface area contributed by atoms with Gasteiger partial charge >= 0.3 is 6.03 Å². The lowest BCUT2D eigenvalue weighted by Gasteiger charge is -2.25. The van der Waals surface area contributed by atoms with Crippen LogP contribution < -0.4 is 10.6 Å². The summed E-state index contributed by atoms with van der Waals surface area (Å²) in [5.74, 6) is 0. The minimum atomic E-state index is -0.575. The number of para-hydroxylation sites is 1. The summed E-state index contributed by atoms with van der Waals surface area (Å²) in [5, 5.41) is 15.3. The van der Waals surface area contributed by atoms with Gasteiger partial charge in [-0.15, -0.1) is 11.8 Å². The molecule has 0 aromatic heterocycles. The van der Waals surface area contributed by atoms with E-state index in [0.29, 0.717) is 0 Å². The van der Waals surface area contributed by atoms with Gasteiger partial charge in [-0.05, 0) is 23.8 Å². The Morgan fingerprint density at radius 1 is 1.37 bits per heavy atom. The average Bonchev–Trinajstić information content (AvgIpc) is 2.35. The minimum Gasteiger partial charge on any atom is -0.391 e. The summed E-state index contributed by atoms with van der Waals surface area (Å²) in [5.41, 5.74) is 0.530. The molecule has 1 aromatic rings. The van der Waals surface area contributed by atoms with Crippen LogP contribution in [0.2, 0.25) is 0 Å². The van der Waals surface area contributed by atoms with E-state index in [-0.39, 0.29) is 18.0 Å². The fraction of sp³-hybridized carbons (Fsp3) is 0.500. The molecule has 0 saturated carbocycles. The van der Waals surface area contributed by atoms with Crippen molar-refractivity contribution in [3.8, 4) is 0 Å². The van der Waals surface area contributed by atoms with Crippen LogP contribution >= 0.6 is 11.8 Å². The number of benzene rings is 1. The first kappa shape index (κ1) is 15.9. The van der Waals surface area contributed by atoms with Gasteiger partial charge in [0, 0.05) is 11.4 Å². The molecule has 106 valence electrons. The first-order valence-electron chi connectivity index (χ1n) is 6.20. The summed E-state index contributed by atoms with van der Waals surface area (Å²) in [6.07, 6.45) is 1.39. The van der Waals surface area contributed by atoms with E-state index in [1.54, 1.807) is 11.8 Å². The predicted octanol–water partition coefficient (Wildman–Crippen LogP) is 2.94. The van der Waals surface area contributed by atoms with Crippen LogP contribution in [0.25, 0.3) is 0 Å². The predicted molar refractivity (Wildman–Crippen MR) is 80.7 cm³/mol. The summed E-state index contributed by atoms with van der Waals surface area (Å²) in [7, 11) is 0. The van der Waals surface area contributed by atoms with Crippen LogP contribution in [0.4, 0.5) is 10.5 Å². The van der Waals surface area contributed by atoms with Gasteiger partial charge in [-0.25, -0.2) is 4.79 Å². The molecule has 4 nitrogen and oxygen atoms in total. The number of carbonyl (C=O) groups excluding carboxylic acids is 1. The first-order chi connectivity index (χ1) is 8.84. The molecule has 1 unspecified atom stereocenters. The van der Waals surface area contributed by atoms with Crippen molar-refractivity contribution >= 4 is 23.5 Å². The molecule has 0 aliphatic carbocycles. The van der Waals surface area contributed by atoms with Crippen molar-refractivity contribution in [2.24, 2.45) is 5.41 Å². The molecule has 3 N–H and O–H groups in total. The largest absolute Gasteiger partial charge is 0.391 e. The third-order valence-electron chi connectivity index (χ3n) is 2.81. The number of hydrogen-bond acceptors (Lipinski definition) is 3. The molecule has 5 heteroatoms. The van der Waals surface area contributed by atoms with Crippen LogP contribution in [0, 0.1) is 5.41 Å². The van der Waals surface area contributed by atoms with Crippen LogP contribution in [0.1, 0.15) is 20.8 Å². The molecule has 2 amide bonds. The second-order valence-corrected chi connectivity index (χ2v) is 6.27. The normalized spacial score (nSPS) is 12.9. The molecule has 0 aliphatic heterocycles. The molecule has 0 radical (unpaired) electrons. The Morgan fingerprint density at radius 3 is 2.58 bits per heavy atom. The van der Waals surface area contributed by atoms with Crippen molar-refractivity contribution in [3.63, 3.8) is 0 Å². The number of amides is 2. The van der Waals surface area contributed by atoms with E-state index in [1.165, 1.54) is 0 Å². The second kappa shape index (κ2) is 6.82. The number of urea groups is 1. The minimum absolute atomic E-state index is 0.233. The summed E-state index contributed by atoms with van der Waals surface area (Å²) < 4.78 is 0. The number of anilines is 1. The standard InChI is InChI=1S/C14H22N2O2S/c1-14(2,3)12(17)9-15-13(18)16-10-7-5-6-8-11(10)19-4/h5-8,12,17H,9H2,1-4H3,(H2,15,16,18). The Hall–Kier alpha value is -1.20. The Balaban J connectivity index is 2.52. The van der Waals surface area contributed by atoms with Crippen molar-refractivity contribution in [1.29, 1.82) is 0 Å². The molecular weight excluding hydrogens is 260 g/mol. The fourth-order valence-electron chi connectivity index (χ4n) is 1.41. The number of hydrogen-bond donors (Lipinski definition) is 3. The maximum Gasteiger partial charge on any atom is 0.319 e. The highest BCUT2D eigenvalue weighted by molar-refractivity contribution is 7.98. The highest BCUT2D eigenvalue weighted by atomic mass is 32.2. The number of rotatable bonds is 4. The zero-order valence-corrected chi connectivity index (χ0v) is 12.7. The summed E-state index contributed by atoms with van der Waals surface area (Å²) >= 11 is 1.57. The van der Waals surface area contributed by atoms with Crippen LogP contribution in [0.3, 0.4) is 0 Å². The highest BCUT2D eigenvalue weighted by Crippen LogP contribution is 2.24. The van der Waals surface area contributed by atoms with Crippen LogP contribution in [0.5, 0.6) is 0 Å². The molecule has 0 heterocycles. The van der Waals surface area contributed by atoms with Crippen LogP contribution in [-0.4, -0.2) is 30.0 Å². The molecule has 1 atom stereocenters. The second-order valence-electron chi connectivity index (χ2n) is 5.42. The fourth-order valence-corrected chi connectivity index (χ4v) is 1.96. The lowest BCUT2D eigenvalue weighted by Crippen LogP contribution is -2.40. The Morgan fingerprint density at radius 2 is 2.00 bits per heavy atom. The number of aliphatic hydroxyl groups is 1. The van der Waals surface area contributed by atoms with Gasteiger partial charge in [0.25, 0.3) is 0 Å². The van der Waals surface area contributed by atoms with Gasteiger partial charge in [-0.2, -0.15) is 0 Å². The lowest BCUT2D eigenvalue weighted by molar-refractivity contribution is 0.0654. The summed E-state index contributed by atoms with van der Waals surface area (Å²) in [4.78, 5) is 12.8. The third kappa shape index (κ3) is 5.12. The van der Waals surface area contributed by atoms with Crippen molar-refractivity contribution in [1.82, 2.24) is 5.32 Å². The van der Waals surface area contributed by atoms with Crippen LogP contribution in [-0.2, 0) is 0 Å². The smallest absolute Gasteiger partial charge is 0.319 e. The van der Waals surface area contributed by atoms with E-state index in [1.807, 2.05) is 51.3 Å². The van der Waals surface area contributed by atoms with Gasteiger partial charge in [0.15, 0.2) is 0 Å². The summed E-state index contributed by atoms with van der Waals surface area (Å²) in [6, 6.07) is 7.30. The topological polar surface area (TPSA) is 61.4 Å². The molecule has 1 rings (SSSR count). The SMILES string of the molecule is CSc1ccccc1NC(=O)NCC(O)C(C)(C)C. The maximum absolute atomic E-state index is 11.8. The maximum atomic E-state index is 11.8. The van der Waals surface area contributed by atoms with E-state index < -0.39 is 6.10 Å². The summed E-state index contributed by atoms with van der Waals surface area (Å²) in [6.45, 7) is 6.03. The van der Waals surface area contributed by atoms with Gasteiger partial charge in [0.05, 0.1) is 11.8 Å². The molecule has 0 bridgehead atoms. The van der Waals surface area contributed by atoms with Crippen LogP contribution in [0.15, 0.2) is 29.2 Å². The van der Waals surface area contributed by atoms with Gasteiger partial charge in [-0.3, -0.25) is 0 Å². The molecular formula is C14H22N2O2S. The molecule has 19 heavy (non-hydrogen) atoms. The van der Waals surface area contributed by atoms with E-state index in [2.05, 4.69) is 10.6 Å². The highest BCUT2D eigenvalue weighted by Gasteiger charge is 2.22. The van der Waals surface area contributed by atoms with Gasteiger partial charge in [-0.1, -0.05) is 32.9 Å². The molecule has 1 aromatic carbocycles. The molecule has 0 saturated heterocycles. The lowest BCUT2D eigenvalue weighted by atomic mass is 9.89. The van der Waals surface area contributed by atoms with E-state index in [4.69, 9.17) is 0 Å². The molecule has 0 fully saturated rings. The Kier molecular flexibility index (Phi) is 5.69. The zero-order chi connectivity index (χ0) is 14.5. The van der Waals surface area contributed by atoms with Crippen molar-refractivity contribution in [2.75, 3.05) is 18.1 Å².